The van der Waals surface area contributed by atoms with E-state index in [9.17, 15) is 4.79 Å². The van der Waals surface area contributed by atoms with Crippen molar-refractivity contribution in [2.45, 2.75) is 32.1 Å². The van der Waals surface area contributed by atoms with Crippen molar-refractivity contribution >= 4 is 35.0 Å². The number of aliphatic carboxylic acids is 1. The molecule has 0 aromatic heterocycles. The second kappa shape index (κ2) is 11.0. The average Bonchev–Trinajstić information content (AvgIpc) is 2.72. The number of ether oxygens (including phenoxy) is 1. The third-order valence-corrected chi connectivity index (χ3v) is 6.48. The molecule has 0 saturated carbocycles. The highest BCUT2D eigenvalue weighted by Crippen LogP contribution is 2.37. The van der Waals surface area contributed by atoms with Crippen molar-refractivity contribution in [1.29, 1.82) is 0 Å². The van der Waals surface area contributed by atoms with Gasteiger partial charge in [0, 0.05) is 24.7 Å². The summed E-state index contributed by atoms with van der Waals surface area (Å²) in [6.07, 6.45) is 5.10. The summed E-state index contributed by atoms with van der Waals surface area (Å²) in [5.74, 6) is -0.0195. The van der Waals surface area contributed by atoms with Gasteiger partial charge >= 0.3 is 5.97 Å². The molecule has 1 N–H and O–H groups in total. The van der Waals surface area contributed by atoms with E-state index in [4.69, 9.17) is 21.4 Å². The molecular formula is C25H29Cl2NO3. The first-order valence-electron chi connectivity index (χ1n) is 10.7. The lowest BCUT2D eigenvalue weighted by Gasteiger charge is -2.38. The molecule has 1 aliphatic heterocycles. The summed E-state index contributed by atoms with van der Waals surface area (Å²) in [5, 5.41) is 9.86. The lowest BCUT2D eigenvalue weighted by atomic mass is 9.90. The molecule has 2 aliphatic rings. The van der Waals surface area contributed by atoms with Gasteiger partial charge in [0.2, 0.25) is 0 Å². The van der Waals surface area contributed by atoms with Crippen molar-refractivity contribution in [1.82, 2.24) is 4.90 Å². The Bertz CT molecular complexity index is 924. The second-order valence-electron chi connectivity index (χ2n) is 8.26. The molecule has 31 heavy (non-hydrogen) atoms. The van der Waals surface area contributed by atoms with Gasteiger partial charge in [0.25, 0.3) is 0 Å². The zero-order chi connectivity index (χ0) is 20.9. The van der Waals surface area contributed by atoms with Crippen LogP contribution in [0.3, 0.4) is 0 Å². The molecule has 4 rings (SSSR count). The molecule has 166 valence electrons. The quantitative estimate of drug-likeness (QED) is 0.506. The Morgan fingerprint density at radius 3 is 2.61 bits per heavy atom. The van der Waals surface area contributed by atoms with E-state index in [0.29, 0.717) is 13.1 Å². The van der Waals surface area contributed by atoms with Crippen LogP contribution in [-0.2, 0) is 17.6 Å². The van der Waals surface area contributed by atoms with Gasteiger partial charge in [0.1, 0.15) is 5.75 Å². The Balaban J connectivity index is 0.00000272. The molecule has 0 unspecified atom stereocenters. The number of carboxylic acids is 1. The van der Waals surface area contributed by atoms with Crippen molar-refractivity contribution < 1.29 is 14.6 Å². The fourth-order valence-corrected chi connectivity index (χ4v) is 4.54. The molecule has 0 bridgehead atoms. The van der Waals surface area contributed by atoms with Crippen LogP contribution in [0.2, 0.25) is 0 Å². The van der Waals surface area contributed by atoms with E-state index in [0.717, 1.165) is 61.6 Å². The van der Waals surface area contributed by atoms with Crippen LogP contribution in [0.15, 0.2) is 54.1 Å². The van der Waals surface area contributed by atoms with E-state index < -0.39 is 5.97 Å². The van der Waals surface area contributed by atoms with Gasteiger partial charge in [-0.15, -0.1) is 12.4 Å². The van der Waals surface area contributed by atoms with Crippen LogP contribution in [0.25, 0.3) is 5.03 Å². The van der Waals surface area contributed by atoms with E-state index in [1.165, 1.54) is 16.7 Å². The first-order valence-corrected chi connectivity index (χ1v) is 11.1. The minimum atomic E-state index is -0.701. The Labute approximate surface area is 195 Å². The molecule has 1 saturated heterocycles. The van der Waals surface area contributed by atoms with Crippen molar-refractivity contribution in [2.24, 2.45) is 5.92 Å². The van der Waals surface area contributed by atoms with Gasteiger partial charge in [-0.2, -0.15) is 0 Å². The average molecular weight is 462 g/mol. The number of carbonyl (C=O) groups is 1. The second-order valence-corrected chi connectivity index (χ2v) is 8.63. The van der Waals surface area contributed by atoms with Gasteiger partial charge in [-0.3, -0.25) is 9.69 Å². The molecule has 6 heteroatoms. The number of nitrogens with zero attached hydrogens (tertiary/aromatic N) is 1. The molecule has 1 fully saturated rings. The Morgan fingerprint density at radius 1 is 1.10 bits per heavy atom. The molecule has 0 spiro atoms. The number of halogens is 2. The maximum absolute atomic E-state index is 11.0. The zero-order valence-corrected chi connectivity index (χ0v) is 19.1. The van der Waals surface area contributed by atoms with Gasteiger partial charge in [-0.05, 0) is 72.6 Å². The molecule has 2 aromatic carbocycles. The largest absolute Gasteiger partial charge is 0.494 e. The summed E-state index contributed by atoms with van der Waals surface area (Å²) in [4.78, 5) is 13.1. The lowest BCUT2D eigenvalue weighted by molar-refractivity contribution is -0.147. The minimum absolute atomic E-state index is 0. The van der Waals surface area contributed by atoms with Crippen LogP contribution in [0, 0.1) is 5.92 Å². The number of carboxylic acid groups (broad SMARTS) is 1. The zero-order valence-electron chi connectivity index (χ0n) is 17.6. The van der Waals surface area contributed by atoms with Crippen molar-refractivity contribution in [2.75, 3.05) is 26.2 Å². The van der Waals surface area contributed by atoms with E-state index >= 15 is 0 Å². The summed E-state index contributed by atoms with van der Waals surface area (Å²) in [6, 6.07) is 16.7. The predicted octanol–water partition coefficient (Wildman–Crippen LogP) is 5.42. The first kappa shape index (κ1) is 23.6. The molecular weight excluding hydrogens is 433 g/mol. The number of hydrogen-bond donors (Lipinski definition) is 1. The summed E-state index contributed by atoms with van der Waals surface area (Å²) in [7, 11) is 0. The van der Waals surface area contributed by atoms with Gasteiger partial charge in [-0.25, -0.2) is 0 Å². The van der Waals surface area contributed by atoms with E-state index in [-0.39, 0.29) is 18.3 Å². The van der Waals surface area contributed by atoms with Gasteiger partial charge in [0.15, 0.2) is 0 Å². The Morgan fingerprint density at radius 2 is 1.87 bits per heavy atom. The third kappa shape index (κ3) is 6.03. The van der Waals surface area contributed by atoms with Crippen LogP contribution in [-0.4, -0.2) is 42.2 Å². The van der Waals surface area contributed by atoms with Crippen molar-refractivity contribution in [3.05, 3.63) is 70.8 Å². The summed E-state index contributed by atoms with van der Waals surface area (Å²) >= 11 is 6.69. The molecule has 1 aliphatic carbocycles. The first-order chi connectivity index (χ1) is 14.6. The standard InChI is InChI=1S/C25H28ClNO3.ClH/c26-24-20(15-27-16-21(17-27)25(28)29)10-9-19-14-22(11-12-23(19)24)30-13-5-4-8-18-6-2-1-3-7-18;/h1-3,6-7,11-12,14,21H,4-5,8-10,13,15-17H2,(H,28,29);1H. The van der Waals surface area contributed by atoms with Crippen LogP contribution >= 0.6 is 24.0 Å². The highest BCUT2D eigenvalue weighted by molar-refractivity contribution is 6.49. The lowest BCUT2D eigenvalue weighted by Crippen LogP contribution is -2.50. The maximum atomic E-state index is 11.0. The third-order valence-electron chi connectivity index (χ3n) is 6.01. The van der Waals surface area contributed by atoms with Crippen LogP contribution in [0.5, 0.6) is 5.75 Å². The number of unbranched alkanes of at least 4 members (excludes halogenated alkanes) is 1. The minimum Gasteiger partial charge on any atom is -0.494 e. The van der Waals surface area contributed by atoms with Gasteiger partial charge in [0.05, 0.1) is 12.5 Å². The Kier molecular flexibility index (Phi) is 8.42. The highest BCUT2D eigenvalue weighted by atomic mass is 35.5. The number of likely N-dealkylation sites (tertiary alicyclic amines) is 1. The molecule has 0 amide bonds. The topological polar surface area (TPSA) is 49.8 Å². The maximum Gasteiger partial charge on any atom is 0.309 e. The highest BCUT2D eigenvalue weighted by Gasteiger charge is 2.33. The summed E-state index contributed by atoms with van der Waals surface area (Å²) < 4.78 is 5.97. The summed E-state index contributed by atoms with van der Waals surface area (Å²) in [6.45, 7) is 2.72. The SMILES string of the molecule is Cl.O=C(O)C1CN(CC2=C(Cl)c3ccc(OCCCCc4ccccc4)cc3CC2)C1. The monoisotopic (exact) mass is 461 g/mol. The van der Waals surface area contributed by atoms with Gasteiger partial charge < -0.3 is 9.84 Å². The fraction of sp³-hybridized carbons (Fsp3) is 0.400. The smallest absolute Gasteiger partial charge is 0.309 e. The number of fused-ring (bicyclic) bond motifs is 1. The summed E-state index contributed by atoms with van der Waals surface area (Å²) in [5.41, 5.74) is 4.91. The van der Waals surface area contributed by atoms with Gasteiger partial charge in [-0.1, -0.05) is 41.9 Å². The van der Waals surface area contributed by atoms with E-state index in [1.807, 2.05) is 12.1 Å². The molecule has 1 heterocycles. The number of benzene rings is 2. The number of rotatable bonds is 9. The van der Waals surface area contributed by atoms with Crippen molar-refractivity contribution in [3.63, 3.8) is 0 Å². The normalized spacial score (nSPS) is 16.3. The molecule has 4 nitrogen and oxygen atoms in total. The Hall–Kier alpha value is -2.01. The molecule has 0 radical (unpaired) electrons. The predicted molar refractivity (Wildman–Crippen MR) is 127 cm³/mol. The van der Waals surface area contributed by atoms with Crippen molar-refractivity contribution in [3.8, 4) is 5.75 Å². The van der Waals surface area contributed by atoms with Crippen LogP contribution in [0.1, 0.15) is 36.0 Å². The molecule has 2 aromatic rings. The molecule has 0 atom stereocenters. The van der Waals surface area contributed by atoms with Crippen LogP contribution in [0.4, 0.5) is 0 Å². The number of aryl methyl sites for hydroxylation is 2. The van der Waals surface area contributed by atoms with Crippen LogP contribution < -0.4 is 4.74 Å². The fourth-order valence-electron chi connectivity index (χ4n) is 4.21. The van der Waals surface area contributed by atoms with E-state index in [1.54, 1.807) is 0 Å². The van der Waals surface area contributed by atoms with E-state index in [2.05, 4.69) is 41.3 Å². The number of hydrogen-bond acceptors (Lipinski definition) is 3.